The molecule has 1 aromatic rings. The van der Waals surface area contributed by atoms with Crippen molar-refractivity contribution in [3.05, 3.63) is 35.4 Å². The van der Waals surface area contributed by atoms with Gasteiger partial charge < -0.3 is 10.1 Å². The second-order valence-corrected chi connectivity index (χ2v) is 4.98. The van der Waals surface area contributed by atoms with Gasteiger partial charge in [-0.15, -0.1) is 11.6 Å². The average molecular weight is 284 g/mol. The van der Waals surface area contributed by atoms with Crippen molar-refractivity contribution in [2.24, 2.45) is 0 Å². The van der Waals surface area contributed by atoms with E-state index in [2.05, 4.69) is 5.32 Å². The SMILES string of the molecule is CC(C)OCCCCNC(=O)c1ccc(CCl)cc1. The van der Waals surface area contributed by atoms with Gasteiger partial charge in [0, 0.05) is 24.6 Å². The molecule has 1 N–H and O–H groups in total. The van der Waals surface area contributed by atoms with Crippen LogP contribution in [0.5, 0.6) is 0 Å². The molecule has 1 amide bonds. The third-order valence-corrected chi connectivity index (χ3v) is 2.99. The zero-order valence-electron chi connectivity index (χ0n) is 11.6. The summed E-state index contributed by atoms with van der Waals surface area (Å²) in [6.07, 6.45) is 2.16. The Morgan fingerprint density at radius 1 is 1.26 bits per heavy atom. The highest BCUT2D eigenvalue weighted by Crippen LogP contribution is 2.06. The van der Waals surface area contributed by atoms with Crippen LogP contribution in [0.15, 0.2) is 24.3 Å². The van der Waals surface area contributed by atoms with Gasteiger partial charge in [0.1, 0.15) is 0 Å². The molecule has 0 saturated heterocycles. The van der Waals surface area contributed by atoms with Crippen LogP contribution >= 0.6 is 11.6 Å². The van der Waals surface area contributed by atoms with Crippen molar-refractivity contribution in [2.75, 3.05) is 13.2 Å². The molecule has 4 heteroatoms. The Labute approximate surface area is 120 Å². The van der Waals surface area contributed by atoms with Gasteiger partial charge in [0.05, 0.1) is 6.10 Å². The van der Waals surface area contributed by atoms with Crippen LogP contribution in [0.1, 0.15) is 42.6 Å². The molecule has 1 rings (SSSR count). The second kappa shape index (κ2) is 8.94. The highest BCUT2D eigenvalue weighted by atomic mass is 35.5. The molecule has 0 aliphatic carbocycles. The fraction of sp³-hybridized carbons (Fsp3) is 0.533. The van der Waals surface area contributed by atoms with E-state index in [1.165, 1.54) is 0 Å². The van der Waals surface area contributed by atoms with E-state index in [0.29, 0.717) is 18.0 Å². The number of alkyl halides is 1. The van der Waals surface area contributed by atoms with Gasteiger partial charge in [0.2, 0.25) is 0 Å². The minimum absolute atomic E-state index is 0.0362. The van der Waals surface area contributed by atoms with Gasteiger partial charge in [0.15, 0.2) is 0 Å². The first-order valence-corrected chi connectivity index (χ1v) is 7.21. The quantitative estimate of drug-likeness (QED) is 0.587. The molecule has 1 aromatic carbocycles. The summed E-state index contributed by atoms with van der Waals surface area (Å²) in [5, 5.41) is 2.90. The van der Waals surface area contributed by atoms with Crippen LogP contribution in [-0.4, -0.2) is 25.2 Å². The molecule has 0 atom stereocenters. The van der Waals surface area contributed by atoms with E-state index >= 15 is 0 Å². The van der Waals surface area contributed by atoms with Crippen LogP contribution in [0.25, 0.3) is 0 Å². The largest absolute Gasteiger partial charge is 0.379 e. The standard InChI is InChI=1S/C15H22ClNO2/c1-12(2)19-10-4-3-9-17-15(18)14-7-5-13(11-16)6-8-14/h5-8,12H,3-4,9-11H2,1-2H3,(H,17,18). The zero-order valence-corrected chi connectivity index (χ0v) is 12.4. The molecular formula is C15H22ClNO2. The van der Waals surface area contributed by atoms with Gasteiger partial charge in [-0.05, 0) is 44.4 Å². The lowest BCUT2D eigenvalue weighted by Crippen LogP contribution is -2.24. The molecule has 106 valence electrons. The fourth-order valence-corrected chi connectivity index (χ4v) is 1.77. The van der Waals surface area contributed by atoms with Gasteiger partial charge in [0.25, 0.3) is 5.91 Å². The minimum Gasteiger partial charge on any atom is -0.379 e. The number of halogens is 1. The second-order valence-electron chi connectivity index (χ2n) is 4.71. The molecule has 3 nitrogen and oxygen atoms in total. The Kier molecular flexibility index (Phi) is 7.53. The van der Waals surface area contributed by atoms with E-state index in [1.807, 2.05) is 26.0 Å². The van der Waals surface area contributed by atoms with Crippen LogP contribution in [0.3, 0.4) is 0 Å². The summed E-state index contributed by atoms with van der Waals surface area (Å²) in [7, 11) is 0. The summed E-state index contributed by atoms with van der Waals surface area (Å²) in [6, 6.07) is 7.35. The number of nitrogens with one attached hydrogen (secondary N) is 1. The summed E-state index contributed by atoms with van der Waals surface area (Å²) < 4.78 is 5.43. The maximum absolute atomic E-state index is 11.8. The summed E-state index contributed by atoms with van der Waals surface area (Å²) in [6.45, 7) is 5.47. The van der Waals surface area contributed by atoms with E-state index in [9.17, 15) is 4.79 Å². The molecule has 0 bridgehead atoms. The lowest BCUT2D eigenvalue weighted by Gasteiger charge is -2.08. The van der Waals surface area contributed by atoms with E-state index in [0.717, 1.165) is 25.0 Å². The first-order chi connectivity index (χ1) is 9.13. The first kappa shape index (κ1) is 16.0. The summed E-state index contributed by atoms with van der Waals surface area (Å²) >= 11 is 5.70. The summed E-state index contributed by atoms with van der Waals surface area (Å²) in [5.74, 6) is 0.434. The number of hydrogen-bond donors (Lipinski definition) is 1. The highest BCUT2D eigenvalue weighted by molar-refractivity contribution is 6.17. The maximum atomic E-state index is 11.8. The molecule has 0 spiro atoms. The van der Waals surface area contributed by atoms with Crippen molar-refractivity contribution in [3.8, 4) is 0 Å². The molecule has 0 saturated carbocycles. The Bertz CT molecular complexity index is 376. The average Bonchev–Trinajstić information content (AvgIpc) is 2.42. The number of unbranched alkanes of at least 4 members (excludes halogenated alkanes) is 1. The number of rotatable bonds is 8. The predicted octanol–water partition coefficient (Wildman–Crippen LogP) is 3.36. The maximum Gasteiger partial charge on any atom is 0.251 e. The van der Waals surface area contributed by atoms with E-state index < -0.39 is 0 Å². The number of ether oxygens (including phenoxy) is 1. The first-order valence-electron chi connectivity index (χ1n) is 6.68. The van der Waals surface area contributed by atoms with Crippen LogP contribution in [0, 0.1) is 0 Å². The van der Waals surface area contributed by atoms with Gasteiger partial charge in [-0.3, -0.25) is 4.79 Å². The lowest BCUT2D eigenvalue weighted by atomic mass is 10.1. The molecule has 0 aromatic heterocycles. The number of benzene rings is 1. The third-order valence-electron chi connectivity index (χ3n) is 2.68. The monoisotopic (exact) mass is 283 g/mol. The van der Waals surface area contributed by atoms with Crippen molar-refractivity contribution >= 4 is 17.5 Å². The summed E-state index contributed by atoms with van der Waals surface area (Å²) in [5.41, 5.74) is 1.69. The van der Waals surface area contributed by atoms with Gasteiger partial charge in [-0.25, -0.2) is 0 Å². The van der Waals surface area contributed by atoms with Gasteiger partial charge in [-0.2, -0.15) is 0 Å². The van der Waals surface area contributed by atoms with Crippen molar-refractivity contribution in [1.82, 2.24) is 5.32 Å². The van der Waals surface area contributed by atoms with Crippen molar-refractivity contribution in [2.45, 2.75) is 38.7 Å². The van der Waals surface area contributed by atoms with Crippen LogP contribution in [0.4, 0.5) is 0 Å². The predicted molar refractivity (Wildman–Crippen MR) is 78.7 cm³/mol. The van der Waals surface area contributed by atoms with Gasteiger partial charge >= 0.3 is 0 Å². The number of hydrogen-bond acceptors (Lipinski definition) is 2. The lowest BCUT2D eigenvalue weighted by molar-refractivity contribution is 0.0754. The Morgan fingerprint density at radius 3 is 2.53 bits per heavy atom. The van der Waals surface area contributed by atoms with Crippen molar-refractivity contribution in [3.63, 3.8) is 0 Å². The number of amides is 1. The third kappa shape index (κ3) is 6.60. The highest BCUT2D eigenvalue weighted by Gasteiger charge is 2.04. The Hall–Kier alpha value is -1.06. The van der Waals surface area contributed by atoms with Crippen LogP contribution in [-0.2, 0) is 10.6 Å². The molecule has 0 fully saturated rings. The van der Waals surface area contributed by atoms with E-state index in [-0.39, 0.29) is 12.0 Å². The molecule has 0 aliphatic heterocycles. The molecule has 0 aliphatic rings. The molecule has 0 heterocycles. The number of carbonyl (C=O) groups excluding carboxylic acids is 1. The molecule has 0 unspecified atom stereocenters. The van der Waals surface area contributed by atoms with E-state index in [1.54, 1.807) is 12.1 Å². The van der Waals surface area contributed by atoms with Gasteiger partial charge in [-0.1, -0.05) is 12.1 Å². The topological polar surface area (TPSA) is 38.3 Å². The van der Waals surface area contributed by atoms with Crippen LogP contribution in [0.2, 0.25) is 0 Å². The van der Waals surface area contributed by atoms with Crippen LogP contribution < -0.4 is 5.32 Å². The van der Waals surface area contributed by atoms with Crippen molar-refractivity contribution in [1.29, 1.82) is 0 Å². The Morgan fingerprint density at radius 2 is 1.95 bits per heavy atom. The number of carbonyl (C=O) groups is 1. The fourth-order valence-electron chi connectivity index (χ4n) is 1.60. The van der Waals surface area contributed by atoms with E-state index in [4.69, 9.17) is 16.3 Å². The minimum atomic E-state index is -0.0362. The Balaban J connectivity index is 2.20. The normalized spacial score (nSPS) is 10.7. The molecule has 0 radical (unpaired) electrons. The molecular weight excluding hydrogens is 262 g/mol. The molecule has 19 heavy (non-hydrogen) atoms. The zero-order chi connectivity index (χ0) is 14.1. The smallest absolute Gasteiger partial charge is 0.251 e. The summed E-state index contributed by atoms with van der Waals surface area (Å²) in [4.78, 5) is 11.8. The van der Waals surface area contributed by atoms with Crippen molar-refractivity contribution < 1.29 is 9.53 Å².